The van der Waals surface area contributed by atoms with E-state index < -0.39 is 6.04 Å². The SMILES string of the molecule is CC(C)C(NC(=O)c1ccc(Cl)cc1)C(=O)N(C)Cc1ccccc1N1CCOCC1. The summed E-state index contributed by atoms with van der Waals surface area (Å²) >= 11 is 5.91. The van der Waals surface area contributed by atoms with Crippen LogP contribution in [0.4, 0.5) is 5.69 Å². The number of ether oxygens (including phenoxy) is 1. The number of para-hydroxylation sites is 1. The number of carbonyl (C=O) groups is 2. The molecule has 1 N–H and O–H groups in total. The van der Waals surface area contributed by atoms with Crippen LogP contribution in [0.2, 0.25) is 5.02 Å². The molecule has 6 nitrogen and oxygen atoms in total. The van der Waals surface area contributed by atoms with Crippen molar-refractivity contribution >= 4 is 29.1 Å². The third-order valence-electron chi connectivity index (χ3n) is 5.45. The number of likely N-dealkylation sites (N-methyl/N-ethyl adjacent to an activating group) is 1. The van der Waals surface area contributed by atoms with Gasteiger partial charge in [-0.1, -0.05) is 43.6 Å². The largest absolute Gasteiger partial charge is 0.378 e. The highest BCUT2D eigenvalue weighted by Crippen LogP contribution is 2.23. The van der Waals surface area contributed by atoms with Crippen molar-refractivity contribution in [3.63, 3.8) is 0 Å². The Hall–Kier alpha value is -2.57. The minimum atomic E-state index is -0.622. The monoisotopic (exact) mass is 443 g/mol. The quantitative estimate of drug-likeness (QED) is 0.710. The smallest absolute Gasteiger partial charge is 0.251 e. The molecule has 0 aromatic heterocycles. The predicted molar refractivity (Wildman–Crippen MR) is 123 cm³/mol. The number of carbonyl (C=O) groups excluding carboxylic acids is 2. The van der Waals surface area contributed by atoms with Crippen molar-refractivity contribution in [2.45, 2.75) is 26.4 Å². The number of rotatable bonds is 7. The van der Waals surface area contributed by atoms with Gasteiger partial charge in [0, 0.05) is 43.0 Å². The van der Waals surface area contributed by atoms with Gasteiger partial charge in [-0.2, -0.15) is 0 Å². The second-order valence-corrected chi connectivity index (χ2v) is 8.56. The molecule has 1 saturated heterocycles. The molecule has 1 aliphatic rings. The van der Waals surface area contributed by atoms with E-state index in [1.807, 2.05) is 32.0 Å². The van der Waals surface area contributed by atoms with Crippen LogP contribution in [0.25, 0.3) is 0 Å². The lowest BCUT2D eigenvalue weighted by Gasteiger charge is -2.32. The van der Waals surface area contributed by atoms with E-state index in [4.69, 9.17) is 16.3 Å². The van der Waals surface area contributed by atoms with Gasteiger partial charge in [0.2, 0.25) is 5.91 Å². The van der Waals surface area contributed by atoms with E-state index >= 15 is 0 Å². The van der Waals surface area contributed by atoms with Gasteiger partial charge in [0.05, 0.1) is 13.2 Å². The molecule has 31 heavy (non-hydrogen) atoms. The summed E-state index contributed by atoms with van der Waals surface area (Å²) in [5.74, 6) is -0.458. The number of nitrogens with one attached hydrogen (secondary N) is 1. The van der Waals surface area contributed by atoms with Crippen LogP contribution in [-0.2, 0) is 16.1 Å². The van der Waals surface area contributed by atoms with Crippen LogP contribution in [-0.4, -0.2) is 56.1 Å². The summed E-state index contributed by atoms with van der Waals surface area (Å²) in [6, 6.07) is 14.1. The van der Waals surface area contributed by atoms with Gasteiger partial charge in [0.15, 0.2) is 0 Å². The van der Waals surface area contributed by atoms with E-state index in [2.05, 4.69) is 16.3 Å². The van der Waals surface area contributed by atoms with Crippen molar-refractivity contribution in [2.75, 3.05) is 38.3 Å². The van der Waals surface area contributed by atoms with E-state index in [1.165, 1.54) is 0 Å². The van der Waals surface area contributed by atoms with Crippen LogP contribution >= 0.6 is 11.6 Å². The zero-order valence-electron chi connectivity index (χ0n) is 18.3. The second-order valence-electron chi connectivity index (χ2n) is 8.12. The van der Waals surface area contributed by atoms with Gasteiger partial charge in [0.25, 0.3) is 5.91 Å². The summed E-state index contributed by atoms with van der Waals surface area (Å²) < 4.78 is 5.46. The highest BCUT2D eigenvalue weighted by atomic mass is 35.5. The number of amides is 2. The maximum atomic E-state index is 13.3. The molecule has 0 radical (unpaired) electrons. The first-order valence-corrected chi connectivity index (χ1v) is 11.0. The van der Waals surface area contributed by atoms with Crippen LogP contribution in [0.5, 0.6) is 0 Å². The summed E-state index contributed by atoms with van der Waals surface area (Å²) in [7, 11) is 1.78. The Morgan fingerprint density at radius 3 is 2.39 bits per heavy atom. The van der Waals surface area contributed by atoms with Gasteiger partial charge in [-0.15, -0.1) is 0 Å². The maximum absolute atomic E-state index is 13.3. The van der Waals surface area contributed by atoms with Gasteiger partial charge in [-0.3, -0.25) is 9.59 Å². The topological polar surface area (TPSA) is 61.9 Å². The van der Waals surface area contributed by atoms with E-state index in [0.29, 0.717) is 30.3 Å². The van der Waals surface area contributed by atoms with Crippen LogP contribution in [0, 0.1) is 5.92 Å². The molecular weight excluding hydrogens is 414 g/mol. The maximum Gasteiger partial charge on any atom is 0.251 e. The van der Waals surface area contributed by atoms with Crippen molar-refractivity contribution in [1.82, 2.24) is 10.2 Å². The van der Waals surface area contributed by atoms with E-state index in [-0.39, 0.29) is 17.7 Å². The number of hydrogen-bond donors (Lipinski definition) is 1. The minimum Gasteiger partial charge on any atom is -0.378 e. The molecule has 166 valence electrons. The zero-order valence-corrected chi connectivity index (χ0v) is 19.1. The lowest BCUT2D eigenvalue weighted by Crippen LogP contribution is -2.50. The zero-order chi connectivity index (χ0) is 22.4. The lowest BCUT2D eigenvalue weighted by molar-refractivity contribution is -0.133. The fourth-order valence-corrected chi connectivity index (χ4v) is 3.79. The molecule has 0 aliphatic carbocycles. The molecule has 1 unspecified atom stereocenters. The van der Waals surface area contributed by atoms with Crippen molar-refractivity contribution < 1.29 is 14.3 Å². The number of halogens is 1. The summed E-state index contributed by atoms with van der Waals surface area (Å²) in [6.45, 7) is 7.40. The van der Waals surface area contributed by atoms with Crippen LogP contribution in [0.15, 0.2) is 48.5 Å². The van der Waals surface area contributed by atoms with Gasteiger partial charge in [-0.05, 0) is 41.8 Å². The highest BCUT2D eigenvalue weighted by Gasteiger charge is 2.28. The van der Waals surface area contributed by atoms with Crippen molar-refractivity contribution in [1.29, 1.82) is 0 Å². The molecule has 2 amide bonds. The van der Waals surface area contributed by atoms with Gasteiger partial charge in [-0.25, -0.2) is 0 Å². The third-order valence-corrected chi connectivity index (χ3v) is 5.70. The molecular formula is C24H30ClN3O3. The molecule has 0 saturated carbocycles. The molecule has 3 rings (SSSR count). The molecule has 2 aromatic rings. The average molecular weight is 444 g/mol. The summed E-state index contributed by atoms with van der Waals surface area (Å²) in [5.41, 5.74) is 2.67. The minimum absolute atomic E-state index is 0.0549. The number of nitrogens with zero attached hydrogens (tertiary/aromatic N) is 2. The van der Waals surface area contributed by atoms with Gasteiger partial charge < -0.3 is 19.9 Å². The van der Waals surface area contributed by atoms with Crippen LogP contribution in [0.1, 0.15) is 29.8 Å². The summed E-state index contributed by atoms with van der Waals surface area (Å²) in [5, 5.41) is 3.46. The van der Waals surface area contributed by atoms with E-state index in [9.17, 15) is 9.59 Å². The fourth-order valence-electron chi connectivity index (χ4n) is 3.67. The highest BCUT2D eigenvalue weighted by molar-refractivity contribution is 6.30. The Labute approximate surface area is 189 Å². The summed E-state index contributed by atoms with van der Waals surface area (Å²) in [6.07, 6.45) is 0. The number of morpholine rings is 1. The first-order chi connectivity index (χ1) is 14.9. The third kappa shape index (κ3) is 5.99. The Morgan fingerprint density at radius 1 is 1.10 bits per heavy atom. The Morgan fingerprint density at radius 2 is 1.74 bits per heavy atom. The molecule has 1 aliphatic heterocycles. The molecule has 7 heteroatoms. The number of hydrogen-bond acceptors (Lipinski definition) is 4. The van der Waals surface area contributed by atoms with Crippen molar-refractivity contribution in [3.05, 3.63) is 64.7 Å². The first-order valence-electron chi connectivity index (χ1n) is 10.6. The number of benzene rings is 2. The lowest BCUT2D eigenvalue weighted by atomic mass is 10.0. The molecule has 1 atom stereocenters. The normalized spacial score (nSPS) is 14.9. The van der Waals surface area contributed by atoms with Crippen LogP contribution < -0.4 is 10.2 Å². The van der Waals surface area contributed by atoms with Gasteiger partial charge >= 0.3 is 0 Å². The van der Waals surface area contributed by atoms with Crippen molar-refractivity contribution in [3.8, 4) is 0 Å². The van der Waals surface area contributed by atoms with Crippen LogP contribution in [0.3, 0.4) is 0 Å². The van der Waals surface area contributed by atoms with E-state index in [1.54, 1.807) is 36.2 Å². The average Bonchev–Trinajstić information content (AvgIpc) is 2.78. The standard InChI is InChI=1S/C24H30ClN3O3/c1-17(2)22(26-23(29)18-8-10-20(25)11-9-18)24(30)27(3)16-19-6-4-5-7-21(19)28-12-14-31-15-13-28/h4-11,17,22H,12-16H2,1-3H3,(H,26,29). The molecule has 1 heterocycles. The van der Waals surface area contributed by atoms with Gasteiger partial charge in [0.1, 0.15) is 6.04 Å². The number of anilines is 1. The first kappa shape index (κ1) is 23.1. The molecule has 0 bridgehead atoms. The van der Waals surface area contributed by atoms with E-state index in [0.717, 1.165) is 24.3 Å². The molecule has 1 fully saturated rings. The molecule has 2 aromatic carbocycles. The molecule has 0 spiro atoms. The predicted octanol–water partition coefficient (Wildman–Crippen LogP) is 3.59. The Kier molecular flexibility index (Phi) is 7.93. The second kappa shape index (κ2) is 10.6. The Balaban J connectivity index is 1.71. The summed E-state index contributed by atoms with van der Waals surface area (Å²) in [4.78, 5) is 29.9. The fraction of sp³-hybridized carbons (Fsp3) is 0.417. The Bertz CT molecular complexity index is 895. The van der Waals surface area contributed by atoms with Crippen molar-refractivity contribution in [2.24, 2.45) is 5.92 Å².